The van der Waals surface area contributed by atoms with Gasteiger partial charge in [-0.1, -0.05) is 140 Å². The molecular formula is C44H58N2. The van der Waals surface area contributed by atoms with Crippen LogP contribution in [0.15, 0.2) is 60.7 Å². The number of unbranched alkanes of at least 4 members (excludes halogenated alkanes) is 14. The van der Waals surface area contributed by atoms with Crippen molar-refractivity contribution in [3.63, 3.8) is 0 Å². The van der Waals surface area contributed by atoms with Gasteiger partial charge in [0.25, 0.3) is 0 Å². The number of nitrogens with zero attached hydrogens (tertiary/aromatic N) is 2. The average molecular weight is 615 g/mol. The van der Waals surface area contributed by atoms with Gasteiger partial charge in [-0.2, -0.15) is 0 Å². The van der Waals surface area contributed by atoms with E-state index < -0.39 is 0 Å². The van der Waals surface area contributed by atoms with Gasteiger partial charge in [-0.25, -0.2) is 0 Å². The van der Waals surface area contributed by atoms with Crippen LogP contribution in [0.2, 0.25) is 0 Å². The Morgan fingerprint density at radius 2 is 0.630 bits per heavy atom. The monoisotopic (exact) mass is 614 g/mol. The van der Waals surface area contributed by atoms with E-state index in [4.69, 9.17) is 0 Å². The van der Waals surface area contributed by atoms with E-state index >= 15 is 0 Å². The Bertz CT molecular complexity index is 1760. The molecule has 4 aromatic carbocycles. The summed E-state index contributed by atoms with van der Waals surface area (Å²) < 4.78 is 4.88. The largest absolute Gasteiger partial charge is 0.348 e. The minimum Gasteiger partial charge on any atom is -0.348 e. The molecule has 6 rings (SSSR count). The summed E-state index contributed by atoms with van der Waals surface area (Å²) >= 11 is 0. The van der Waals surface area contributed by atoms with Gasteiger partial charge in [0, 0.05) is 47.3 Å². The van der Waals surface area contributed by atoms with Crippen LogP contribution in [0.4, 0.5) is 0 Å². The summed E-state index contributed by atoms with van der Waals surface area (Å²) in [6, 6.07) is 24.0. The molecule has 2 aromatic heterocycles. The fraction of sp³-hybridized carbons (Fsp3) is 0.500. The second-order valence-corrected chi connectivity index (χ2v) is 14.3. The van der Waals surface area contributed by atoms with Crippen molar-refractivity contribution >= 4 is 54.1 Å². The first-order valence-corrected chi connectivity index (χ1v) is 19.0. The highest BCUT2D eigenvalue weighted by molar-refractivity contribution is 6.24. The molecule has 0 spiro atoms. The number of rotatable bonds is 18. The Morgan fingerprint density at radius 3 is 0.978 bits per heavy atom. The molecular weight excluding hydrogens is 556 g/mol. The molecule has 0 aliphatic carbocycles. The standard InChI is InChI=1S/C44H58N2/c1-5-7-9-11-13-15-17-19-21-33-31-41-39-25-23-36-35(37(39)27-29-43(41)45(33)3)24-26-40-38(36)28-30-44-42(40)32-34(46(44)4)22-20-18-16-14-12-10-8-6-2/h23-32H,5-22H2,1-4H3. The lowest BCUT2D eigenvalue weighted by molar-refractivity contribution is 0.572. The molecule has 244 valence electrons. The van der Waals surface area contributed by atoms with Crippen molar-refractivity contribution in [2.45, 2.75) is 129 Å². The maximum atomic E-state index is 2.48. The molecule has 0 unspecified atom stereocenters. The Morgan fingerprint density at radius 1 is 0.348 bits per heavy atom. The first-order valence-electron chi connectivity index (χ1n) is 19.0. The average Bonchev–Trinajstić information content (AvgIpc) is 3.58. The van der Waals surface area contributed by atoms with Crippen molar-refractivity contribution in [1.29, 1.82) is 0 Å². The second-order valence-electron chi connectivity index (χ2n) is 14.3. The van der Waals surface area contributed by atoms with Gasteiger partial charge in [-0.15, -0.1) is 0 Å². The molecule has 46 heavy (non-hydrogen) atoms. The molecule has 0 N–H and O–H groups in total. The van der Waals surface area contributed by atoms with Crippen molar-refractivity contribution in [2.24, 2.45) is 14.1 Å². The quantitative estimate of drug-likeness (QED) is 0.0673. The first kappa shape index (κ1) is 32.7. The molecule has 0 radical (unpaired) electrons. The highest BCUT2D eigenvalue weighted by atomic mass is 14.9. The molecule has 0 aliphatic rings. The Hall–Kier alpha value is -3.26. The summed E-state index contributed by atoms with van der Waals surface area (Å²) in [6.07, 6.45) is 24.3. The topological polar surface area (TPSA) is 9.86 Å². The lowest BCUT2D eigenvalue weighted by atomic mass is 9.94. The van der Waals surface area contributed by atoms with E-state index in [-0.39, 0.29) is 0 Å². The van der Waals surface area contributed by atoms with E-state index in [0.29, 0.717) is 0 Å². The number of benzene rings is 4. The van der Waals surface area contributed by atoms with Gasteiger partial charge in [-0.05, 0) is 82.3 Å². The smallest absolute Gasteiger partial charge is 0.0486 e. The minimum atomic E-state index is 1.17. The molecule has 0 amide bonds. The van der Waals surface area contributed by atoms with Crippen molar-refractivity contribution in [3.05, 3.63) is 72.1 Å². The highest BCUT2D eigenvalue weighted by Crippen LogP contribution is 2.38. The van der Waals surface area contributed by atoms with Crippen molar-refractivity contribution < 1.29 is 0 Å². The Balaban J connectivity index is 1.20. The third-order valence-corrected chi connectivity index (χ3v) is 11.0. The van der Waals surface area contributed by atoms with Gasteiger partial charge >= 0.3 is 0 Å². The number of aromatic nitrogens is 2. The van der Waals surface area contributed by atoms with E-state index in [1.54, 1.807) is 0 Å². The van der Waals surface area contributed by atoms with E-state index in [1.165, 1.54) is 181 Å². The van der Waals surface area contributed by atoms with E-state index in [0.717, 1.165) is 0 Å². The van der Waals surface area contributed by atoms with Gasteiger partial charge in [0.1, 0.15) is 0 Å². The Labute approximate surface area is 278 Å². The number of hydrogen-bond donors (Lipinski definition) is 0. The van der Waals surface area contributed by atoms with Gasteiger partial charge < -0.3 is 9.13 Å². The van der Waals surface area contributed by atoms with Crippen LogP contribution in [0.25, 0.3) is 54.1 Å². The predicted molar refractivity (Wildman–Crippen MR) is 205 cm³/mol. The summed E-state index contributed by atoms with van der Waals surface area (Å²) in [5.41, 5.74) is 5.66. The molecule has 0 saturated carbocycles. The van der Waals surface area contributed by atoms with Gasteiger partial charge in [-0.3, -0.25) is 0 Å². The molecule has 0 bridgehead atoms. The normalized spacial score (nSPS) is 12.2. The number of fused-ring (bicyclic) bond motifs is 9. The molecule has 0 atom stereocenters. The second kappa shape index (κ2) is 15.6. The highest BCUT2D eigenvalue weighted by Gasteiger charge is 2.14. The molecule has 2 nitrogen and oxygen atoms in total. The van der Waals surface area contributed by atoms with Crippen molar-refractivity contribution in [1.82, 2.24) is 9.13 Å². The van der Waals surface area contributed by atoms with Crippen LogP contribution in [0.1, 0.15) is 128 Å². The molecule has 2 heterocycles. The van der Waals surface area contributed by atoms with Crippen LogP contribution < -0.4 is 0 Å². The molecule has 0 saturated heterocycles. The lowest BCUT2D eigenvalue weighted by Gasteiger charge is -2.10. The van der Waals surface area contributed by atoms with Crippen molar-refractivity contribution in [3.8, 4) is 0 Å². The minimum absolute atomic E-state index is 1.17. The fourth-order valence-electron chi connectivity index (χ4n) is 8.15. The summed E-state index contributed by atoms with van der Waals surface area (Å²) in [7, 11) is 4.52. The summed E-state index contributed by atoms with van der Waals surface area (Å²) in [6.45, 7) is 4.60. The lowest BCUT2D eigenvalue weighted by Crippen LogP contribution is -1.96. The number of hydrogen-bond acceptors (Lipinski definition) is 0. The van der Waals surface area contributed by atoms with Gasteiger partial charge in [0.2, 0.25) is 0 Å². The third-order valence-electron chi connectivity index (χ3n) is 11.0. The zero-order valence-corrected chi connectivity index (χ0v) is 29.4. The first-order chi connectivity index (χ1) is 22.6. The SMILES string of the molecule is CCCCCCCCCCc1cc2c3ccc4c(ccc5c4ccc4c5cc(CCCCCCCCCC)n4C)c3ccc2n1C. The summed E-state index contributed by atoms with van der Waals surface area (Å²) in [4.78, 5) is 0. The fourth-order valence-corrected chi connectivity index (χ4v) is 8.15. The zero-order chi connectivity index (χ0) is 31.9. The van der Waals surface area contributed by atoms with Gasteiger partial charge in [0.15, 0.2) is 0 Å². The molecule has 0 fully saturated rings. The van der Waals surface area contributed by atoms with E-state index in [1.807, 2.05) is 0 Å². The molecule has 0 aliphatic heterocycles. The summed E-state index contributed by atoms with van der Waals surface area (Å²) in [5, 5.41) is 11.1. The Kier molecular flexibility index (Phi) is 11.0. The van der Waals surface area contributed by atoms with Crippen LogP contribution in [0.3, 0.4) is 0 Å². The zero-order valence-electron chi connectivity index (χ0n) is 29.4. The predicted octanol–water partition coefficient (Wildman–Crippen LogP) is 13.5. The maximum absolute atomic E-state index is 2.48. The van der Waals surface area contributed by atoms with Crippen LogP contribution in [0, 0.1) is 0 Å². The molecule has 6 aromatic rings. The molecule has 2 heteroatoms. The van der Waals surface area contributed by atoms with Crippen LogP contribution in [-0.2, 0) is 26.9 Å². The van der Waals surface area contributed by atoms with Crippen LogP contribution >= 0.6 is 0 Å². The van der Waals surface area contributed by atoms with Gasteiger partial charge in [0.05, 0.1) is 0 Å². The van der Waals surface area contributed by atoms with Crippen molar-refractivity contribution in [2.75, 3.05) is 0 Å². The third kappa shape index (κ3) is 6.87. The van der Waals surface area contributed by atoms with Crippen LogP contribution in [-0.4, -0.2) is 9.13 Å². The van der Waals surface area contributed by atoms with E-state index in [9.17, 15) is 0 Å². The maximum Gasteiger partial charge on any atom is 0.0486 e. The van der Waals surface area contributed by atoms with E-state index in [2.05, 4.69) is 97.7 Å². The van der Waals surface area contributed by atoms with Crippen LogP contribution in [0.5, 0.6) is 0 Å². The number of aryl methyl sites for hydroxylation is 4. The summed E-state index contributed by atoms with van der Waals surface area (Å²) in [5.74, 6) is 0.